The van der Waals surface area contributed by atoms with Crippen molar-refractivity contribution in [2.24, 2.45) is 17.6 Å². The highest BCUT2D eigenvalue weighted by molar-refractivity contribution is 4.90. The minimum Gasteiger partial charge on any atom is -0.395 e. The molecule has 0 bridgehead atoms. The van der Waals surface area contributed by atoms with E-state index in [0.717, 1.165) is 18.9 Å². The van der Waals surface area contributed by atoms with Crippen LogP contribution in [0.1, 0.15) is 40.5 Å². The first-order valence-electron chi connectivity index (χ1n) is 6.57. The van der Waals surface area contributed by atoms with E-state index >= 15 is 0 Å². The van der Waals surface area contributed by atoms with Gasteiger partial charge in [0, 0.05) is 24.7 Å². The molecule has 0 amide bonds. The van der Waals surface area contributed by atoms with Crippen molar-refractivity contribution in [3.8, 4) is 0 Å². The quantitative estimate of drug-likeness (QED) is 0.749. The van der Waals surface area contributed by atoms with Gasteiger partial charge in [0.05, 0.1) is 6.61 Å². The molecule has 0 saturated carbocycles. The molecule has 4 unspecified atom stereocenters. The lowest BCUT2D eigenvalue weighted by molar-refractivity contribution is 0.0915. The average molecular weight is 228 g/mol. The largest absolute Gasteiger partial charge is 0.395 e. The number of nitrogens with zero attached hydrogens (tertiary/aromatic N) is 1. The summed E-state index contributed by atoms with van der Waals surface area (Å²) in [5.74, 6) is 1.33. The summed E-state index contributed by atoms with van der Waals surface area (Å²) in [4.78, 5) is 2.40. The standard InChI is InChI=1S/C13H28N2O/c1-9(2)5-12(14)13(8-16)15-7-10(3)6-11(15)4/h9-13,16H,5-8,14H2,1-4H3. The third-order valence-electron chi connectivity index (χ3n) is 3.68. The Labute approximate surface area is 100 Å². The first-order valence-corrected chi connectivity index (χ1v) is 6.57. The molecule has 1 fully saturated rings. The van der Waals surface area contributed by atoms with Gasteiger partial charge in [0.25, 0.3) is 0 Å². The summed E-state index contributed by atoms with van der Waals surface area (Å²) < 4.78 is 0. The predicted octanol–water partition coefficient (Wildman–Crippen LogP) is 1.45. The zero-order valence-electron chi connectivity index (χ0n) is 11.2. The van der Waals surface area contributed by atoms with Gasteiger partial charge in [-0.3, -0.25) is 4.90 Å². The van der Waals surface area contributed by atoms with Crippen LogP contribution in [0.2, 0.25) is 0 Å². The first-order chi connectivity index (χ1) is 7.45. The highest BCUT2D eigenvalue weighted by Crippen LogP contribution is 2.26. The van der Waals surface area contributed by atoms with E-state index in [1.807, 2.05) is 0 Å². The SMILES string of the molecule is CC(C)CC(N)C(CO)N1CC(C)CC1C. The Balaban J connectivity index is 2.59. The Morgan fingerprint density at radius 1 is 1.38 bits per heavy atom. The van der Waals surface area contributed by atoms with Crippen molar-refractivity contribution in [2.75, 3.05) is 13.2 Å². The van der Waals surface area contributed by atoms with Crippen molar-refractivity contribution in [2.45, 2.75) is 58.7 Å². The monoisotopic (exact) mass is 228 g/mol. The van der Waals surface area contributed by atoms with Gasteiger partial charge >= 0.3 is 0 Å². The van der Waals surface area contributed by atoms with E-state index in [2.05, 4.69) is 32.6 Å². The molecule has 0 spiro atoms. The Bertz CT molecular complexity index is 208. The van der Waals surface area contributed by atoms with Crippen LogP contribution in [0.25, 0.3) is 0 Å². The second kappa shape index (κ2) is 5.99. The molecule has 1 aliphatic heterocycles. The summed E-state index contributed by atoms with van der Waals surface area (Å²) >= 11 is 0. The van der Waals surface area contributed by atoms with Gasteiger partial charge in [-0.15, -0.1) is 0 Å². The lowest BCUT2D eigenvalue weighted by Gasteiger charge is -2.35. The van der Waals surface area contributed by atoms with Crippen LogP contribution in [-0.4, -0.2) is 41.3 Å². The zero-order valence-corrected chi connectivity index (χ0v) is 11.2. The molecule has 1 heterocycles. The summed E-state index contributed by atoms with van der Waals surface area (Å²) in [5.41, 5.74) is 6.22. The molecule has 0 aromatic rings. The van der Waals surface area contributed by atoms with E-state index in [4.69, 9.17) is 5.73 Å². The van der Waals surface area contributed by atoms with Crippen LogP contribution in [0, 0.1) is 11.8 Å². The minimum atomic E-state index is 0.0951. The zero-order chi connectivity index (χ0) is 12.3. The molecule has 1 aliphatic rings. The van der Waals surface area contributed by atoms with Crippen molar-refractivity contribution in [3.63, 3.8) is 0 Å². The molecule has 0 aliphatic carbocycles. The fourth-order valence-electron chi connectivity index (χ4n) is 2.98. The number of rotatable bonds is 5. The number of aliphatic hydroxyl groups is 1. The van der Waals surface area contributed by atoms with Gasteiger partial charge in [0.2, 0.25) is 0 Å². The molecule has 3 heteroatoms. The number of nitrogens with two attached hydrogens (primary N) is 1. The van der Waals surface area contributed by atoms with Crippen LogP contribution in [0.5, 0.6) is 0 Å². The molecule has 1 rings (SSSR count). The Kier molecular flexibility index (Phi) is 5.22. The van der Waals surface area contributed by atoms with E-state index in [0.29, 0.717) is 12.0 Å². The van der Waals surface area contributed by atoms with E-state index in [-0.39, 0.29) is 18.7 Å². The van der Waals surface area contributed by atoms with Crippen LogP contribution >= 0.6 is 0 Å². The number of hydrogen-bond donors (Lipinski definition) is 2. The summed E-state index contributed by atoms with van der Waals surface area (Å²) in [7, 11) is 0. The van der Waals surface area contributed by atoms with Gasteiger partial charge in [-0.1, -0.05) is 20.8 Å². The minimum absolute atomic E-state index is 0.0951. The number of aliphatic hydroxyl groups excluding tert-OH is 1. The van der Waals surface area contributed by atoms with Crippen molar-refractivity contribution in [1.29, 1.82) is 0 Å². The molecule has 0 radical (unpaired) electrons. The molecule has 3 N–H and O–H groups in total. The highest BCUT2D eigenvalue weighted by atomic mass is 16.3. The van der Waals surface area contributed by atoms with E-state index < -0.39 is 0 Å². The molecule has 3 nitrogen and oxygen atoms in total. The highest BCUT2D eigenvalue weighted by Gasteiger charge is 2.34. The van der Waals surface area contributed by atoms with Crippen molar-refractivity contribution in [3.05, 3.63) is 0 Å². The van der Waals surface area contributed by atoms with Crippen molar-refractivity contribution < 1.29 is 5.11 Å². The maximum absolute atomic E-state index is 9.55. The van der Waals surface area contributed by atoms with Crippen LogP contribution in [-0.2, 0) is 0 Å². The van der Waals surface area contributed by atoms with Crippen molar-refractivity contribution >= 4 is 0 Å². The summed E-state index contributed by atoms with van der Waals surface area (Å²) in [6.07, 6.45) is 2.22. The van der Waals surface area contributed by atoms with Gasteiger partial charge in [-0.25, -0.2) is 0 Å². The average Bonchev–Trinajstić information content (AvgIpc) is 2.45. The second-order valence-electron chi connectivity index (χ2n) is 5.93. The third kappa shape index (κ3) is 3.44. The molecule has 96 valence electrons. The molecular weight excluding hydrogens is 200 g/mol. The van der Waals surface area contributed by atoms with Gasteiger partial charge in [-0.05, 0) is 31.6 Å². The Hall–Kier alpha value is -0.120. The van der Waals surface area contributed by atoms with Gasteiger partial charge < -0.3 is 10.8 Å². The third-order valence-corrected chi connectivity index (χ3v) is 3.68. The van der Waals surface area contributed by atoms with Crippen LogP contribution in [0.15, 0.2) is 0 Å². The van der Waals surface area contributed by atoms with E-state index in [1.54, 1.807) is 0 Å². The lowest BCUT2D eigenvalue weighted by atomic mass is 9.97. The fourth-order valence-corrected chi connectivity index (χ4v) is 2.98. The molecule has 4 atom stereocenters. The Morgan fingerprint density at radius 3 is 2.38 bits per heavy atom. The molecule has 0 aromatic carbocycles. The summed E-state index contributed by atoms with van der Waals surface area (Å²) in [5, 5.41) is 9.55. The molecule has 0 aromatic heterocycles. The smallest absolute Gasteiger partial charge is 0.0602 e. The van der Waals surface area contributed by atoms with E-state index in [9.17, 15) is 5.11 Å². The molecular formula is C13H28N2O. The van der Waals surface area contributed by atoms with Gasteiger partial charge in [0.1, 0.15) is 0 Å². The molecule has 1 saturated heterocycles. The topological polar surface area (TPSA) is 49.5 Å². The Morgan fingerprint density at radius 2 is 2.00 bits per heavy atom. The fraction of sp³-hybridized carbons (Fsp3) is 1.00. The predicted molar refractivity (Wildman–Crippen MR) is 68.3 cm³/mol. The van der Waals surface area contributed by atoms with Gasteiger partial charge in [-0.2, -0.15) is 0 Å². The van der Waals surface area contributed by atoms with Crippen molar-refractivity contribution in [1.82, 2.24) is 4.90 Å². The lowest BCUT2D eigenvalue weighted by Crippen LogP contribution is -2.51. The number of hydrogen-bond acceptors (Lipinski definition) is 3. The summed E-state index contributed by atoms with van der Waals surface area (Å²) in [6, 6.07) is 0.797. The number of likely N-dealkylation sites (tertiary alicyclic amines) is 1. The van der Waals surface area contributed by atoms with Crippen LogP contribution in [0.3, 0.4) is 0 Å². The molecule has 16 heavy (non-hydrogen) atoms. The maximum atomic E-state index is 9.55. The van der Waals surface area contributed by atoms with E-state index in [1.165, 1.54) is 6.42 Å². The first kappa shape index (κ1) is 13.9. The maximum Gasteiger partial charge on any atom is 0.0602 e. The van der Waals surface area contributed by atoms with Crippen LogP contribution in [0.4, 0.5) is 0 Å². The summed E-state index contributed by atoms with van der Waals surface area (Å²) in [6.45, 7) is 10.2. The second-order valence-corrected chi connectivity index (χ2v) is 5.93. The van der Waals surface area contributed by atoms with Gasteiger partial charge in [0.15, 0.2) is 0 Å². The normalized spacial score (nSPS) is 30.9. The van der Waals surface area contributed by atoms with Crippen LogP contribution < -0.4 is 5.73 Å².